The number of nitrogens with zero attached hydrogens (tertiary/aromatic N) is 1. The van der Waals surface area contributed by atoms with Gasteiger partial charge in [0.1, 0.15) is 11.8 Å². The Balaban J connectivity index is 1.95. The van der Waals surface area contributed by atoms with E-state index in [-0.39, 0.29) is 16.7 Å². The van der Waals surface area contributed by atoms with Crippen molar-refractivity contribution in [2.75, 3.05) is 26.8 Å². The Morgan fingerprint density at radius 1 is 1.16 bits per heavy atom. The van der Waals surface area contributed by atoms with E-state index in [1.807, 2.05) is 0 Å². The molecule has 0 aliphatic carbocycles. The van der Waals surface area contributed by atoms with Gasteiger partial charge in [0.05, 0.1) is 12.0 Å². The number of nitrogens with one attached hydrogen (secondary N) is 1. The lowest BCUT2D eigenvalue weighted by Crippen LogP contribution is -2.47. The monoisotopic (exact) mass is 455 g/mol. The van der Waals surface area contributed by atoms with Crippen molar-refractivity contribution < 1.29 is 32.3 Å². The van der Waals surface area contributed by atoms with Gasteiger partial charge < -0.3 is 20.1 Å². The molecule has 3 N–H and O–H groups in total. The number of benzene rings is 1. The highest BCUT2D eigenvalue weighted by Crippen LogP contribution is 2.18. The highest BCUT2D eigenvalue weighted by atomic mass is 32.2. The fourth-order valence-corrected chi connectivity index (χ4v) is 4.51. The first-order valence-electron chi connectivity index (χ1n) is 9.95. The molecule has 10 nitrogen and oxygen atoms in total. The number of sulfonamides is 1. The van der Waals surface area contributed by atoms with Crippen molar-refractivity contribution in [3.63, 3.8) is 0 Å². The molecule has 0 saturated carbocycles. The maximum absolute atomic E-state index is 12.6. The summed E-state index contributed by atoms with van der Waals surface area (Å²) in [6.07, 6.45) is 0.927. The van der Waals surface area contributed by atoms with Crippen molar-refractivity contribution in [3.05, 3.63) is 24.3 Å². The van der Waals surface area contributed by atoms with Crippen LogP contribution in [-0.2, 0) is 29.1 Å². The molecule has 1 fully saturated rings. The molecule has 1 aromatic carbocycles. The van der Waals surface area contributed by atoms with E-state index in [4.69, 9.17) is 15.2 Å². The molecular weight excluding hydrogens is 426 g/mol. The van der Waals surface area contributed by atoms with Crippen LogP contribution >= 0.6 is 0 Å². The van der Waals surface area contributed by atoms with Crippen LogP contribution in [0.1, 0.15) is 26.7 Å². The van der Waals surface area contributed by atoms with E-state index in [0.29, 0.717) is 31.7 Å². The molecule has 1 atom stereocenters. The van der Waals surface area contributed by atoms with Gasteiger partial charge in [0.2, 0.25) is 15.9 Å². The maximum Gasteiger partial charge on any atom is 0.324 e. The molecule has 0 spiro atoms. The first-order chi connectivity index (χ1) is 14.5. The van der Waals surface area contributed by atoms with Crippen LogP contribution in [0, 0.1) is 11.8 Å². The molecule has 1 heterocycles. The van der Waals surface area contributed by atoms with Crippen LogP contribution in [0.5, 0.6) is 5.75 Å². The number of primary amides is 1. The van der Waals surface area contributed by atoms with E-state index in [0.717, 1.165) is 0 Å². The smallest absolute Gasteiger partial charge is 0.324 e. The molecule has 1 aliphatic heterocycles. The molecule has 2 rings (SSSR count). The number of hydrogen-bond acceptors (Lipinski definition) is 7. The Hall–Kier alpha value is -2.66. The average Bonchev–Trinajstić information content (AvgIpc) is 2.75. The zero-order chi connectivity index (χ0) is 23.2. The summed E-state index contributed by atoms with van der Waals surface area (Å²) in [6.45, 7) is 3.52. The first-order valence-corrected chi connectivity index (χ1v) is 11.4. The van der Waals surface area contributed by atoms with Crippen LogP contribution in [0.15, 0.2) is 29.2 Å². The number of esters is 1. The summed E-state index contributed by atoms with van der Waals surface area (Å²) >= 11 is 0. The summed E-state index contributed by atoms with van der Waals surface area (Å²) in [4.78, 5) is 37.5. The zero-order valence-electron chi connectivity index (χ0n) is 17.9. The summed E-state index contributed by atoms with van der Waals surface area (Å²) in [5, 5.41) is 0. The van der Waals surface area contributed by atoms with Gasteiger partial charge in [0, 0.05) is 19.0 Å². The average molecular weight is 456 g/mol. The van der Waals surface area contributed by atoms with Gasteiger partial charge >= 0.3 is 5.97 Å². The van der Waals surface area contributed by atoms with E-state index >= 15 is 0 Å². The largest absolute Gasteiger partial charge is 0.497 e. The highest BCUT2D eigenvalue weighted by Gasteiger charge is 2.31. The predicted octanol–water partition coefficient (Wildman–Crippen LogP) is 0.265. The zero-order valence-corrected chi connectivity index (χ0v) is 18.7. The Kier molecular flexibility index (Phi) is 8.40. The molecule has 1 aromatic rings. The molecule has 172 valence electrons. The van der Waals surface area contributed by atoms with E-state index in [1.54, 1.807) is 13.8 Å². The summed E-state index contributed by atoms with van der Waals surface area (Å²) in [5.41, 5.74) is 5.28. The SMILES string of the molecule is COc1ccc(S(=O)(=O)N[C@H](C(=O)OCC(=O)N2CCC(C(N)=O)CC2)C(C)C)cc1. The van der Waals surface area contributed by atoms with Crippen LogP contribution in [0.25, 0.3) is 0 Å². The fourth-order valence-electron chi connectivity index (χ4n) is 3.17. The third-order valence-corrected chi connectivity index (χ3v) is 6.62. The second-order valence-electron chi connectivity index (χ2n) is 7.68. The van der Waals surface area contributed by atoms with Gasteiger partial charge in [-0.05, 0) is 43.0 Å². The Morgan fingerprint density at radius 2 is 1.74 bits per heavy atom. The second-order valence-corrected chi connectivity index (χ2v) is 9.40. The van der Waals surface area contributed by atoms with E-state index in [1.165, 1.54) is 36.3 Å². The van der Waals surface area contributed by atoms with Gasteiger partial charge in [-0.1, -0.05) is 13.8 Å². The third-order valence-electron chi connectivity index (χ3n) is 5.16. The number of methoxy groups -OCH3 is 1. The Labute approximate surface area is 182 Å². The normalized spacial score (nSPS) is 16.1. The van der Waals surface area contributed by atoms with Gasteiger partial charge in [-0.2, -0.15) is 4.72 Å². The molecule has 1 aliphatic rings. The number of hydrogen-bond donors (Lipinski definition) is 2. The predicted molar refractivity (Wildman–Crippen MR) is 111 cm³/mol. The molecule has 0 radical (unpaired) electrons. The number of carbonyl (C=O) groups is 3. The van der Waals surface area contributed by atoms with Gasteiger partial charge in [0.25, 0.3) is 5.91 Å². The quantitative estimate of drug-likeness (QED) is 0.508. The topological polar surface area (TPSA) is 145 Å². The number of piperidine rings is 1. The number of ether oxygens (including phenoxy) is 2. The molecule has 1 saturated heterocycles. The molecule has 2 amide bonds. The number of rotatable bonds is 9. The Morgan fingerprint density at radius 3 is 2.23 bits per heavy atom. The maximum atomic E-state index is 12.6. The minimum atomic E-state index is -3.99. The Bertz CT molecular complexity index is 892. The lowest BCUT2D eigenvalue weighted by atomic mass is 9.96. The van der Waals surface area contributed by atoms with Crippen molar-refractivity contribution in [1.29, 1.82) is 0 Å². The third kappa shape index (κ3) is 6.66. The summed E-state index contributed by atoms with van der Waals surface area (Å²) in [6, 6.07) is 4.56. The van der Waals surface area contributed by atoms with E-state index in [9.17, 15) is 22.8 Å². The molecule has 0 unspecified atom stereocenters. The summed E-state index contributed by atoms with van der Waals surface area (Å²) in [7, 11) is -2.53. The van der Waals surface area contributed by atoms with Crippen molar-refractivity contribution >= 4 is 27.8 Å². The van der Waals surface area contributed by atoms with Crippen LogP contribution in [0.3, 0.4) is 0 Å². The molecule has 11 heteroatoms. The summed E-state index contributed by atoms with van der Waals surface area (Å²) < 4.78 is 37.8. The standard InChI is InChI=1S/C20H29N3O7S/c1-13(2)18(22-31(27,28)16-6-4-15(29-3)5-7-16)20(26)30-12-17(24)23-10-8-14(9-11-23)19(21)25/h4-7,13-14,18,22H,8-12H2,1-3H3,(H2,21,25)/t18-/m0/s1. The fraction of sp³-hybridized carbons (Fsp3) is 0.550. The minimum Gasteiger partial charge on any atom is -0.497 e. The molecule has 31 heavy (non-hydrogen) atoms. The second kappa shape index (κ2) is 10.6. The number of carbonyl (C=O) groups excluding carboxylic acids is 3. The first kappa shape index (κ1) is 24.6. The minimum absolute atomic E-state index is 0.0276. The van der Waals surface area contributed by atoms with Crippen molar-refractivity contribution in [2.45, 2.75) is 37.6 Å². The van der Waals surface area contributed by atoms with E-state index in [2.05, 4.69) is 4.72 Å². The van der Waals surface area contributed by atoms with Crippen LogP contribution in [0.4, 0.5) is 0 Å². The van der Waals surface area contributed by atoms with Crippen molar-refractivity contribution in [1.82, 2.24) is 9.62 Å². The van der Waals surface area contributed by atoms with Gasteiger partial charge in [0.15, 0.2) is 6.61 Å². The van der Waals surface area contributed by atoms with Crippen LogP contribution in [-0.4, -0.2) is 63.9 Å². The molecule has 0 aromatic heterocycles. The summed E-state index contributed by atoms with van der Waals surface area (Å²) in [5.74, 6) is -1.81. The van der Waals surface area contributed by atoms with Gasteiger partial charge in [-0.25, -0.2) is 8.42 Å². The van der Waals surface area contributed by atoms with E-state index < -0.39 is 40.5 Å². The van der Waals surface area contributed by atoms with Crippen LogP contribution < -0.4 is 15.2 Å². The molecular formula is C20H29N3O7S. The van der Waals surface area contributed by atoms with Gasteiger partial charge in [-0.3, -0.25) is 14.4 Å². The highest BCUT2D eigenvalue weighted by molar-refractivity contribution is 7.89. The number of nitrogens with two attached hydrogens (primary N) is 1. The lowest BCUT2D eigenvalue weighted by Gasteiger charge is -2.30. The van der Waals surface area contributed by atoms with Crippen molar-refractivity contribution in [3.8, 4) is 5.75 Å². The number of likely N-dealkylation sites (tertiary alicyclic amines) is 1. The van der Waals surface area contributed by atoms with Crippen LogP contribution in [0.2, 0.25) is 0 Å². The van der Waals surface area contributed by atoms with Gasteiger partial charge in [-0.15, -0.1) is 0 Å². The molecule has 0 bridgehead atoms. The van der Waals surface area contributed by atoms with Crippen molar-refractivity contribution in [2.24, 2.45) is 17.6 Å². The lowest BCUT2D eigenvalue weighted by molar-refractivity contribution is -0.154. The number of amides is 2.